The molecule has 0 radical (unpaired) electrons. The largest absolute Gasteiger partial charge is 0.495 e. The van der Waals surface area contributed by atoms with E-state index in [2.05, 4.69) is 63.1 Å². The molecule has 0 amide bonds. The second kappa shape index (κ2) is 9.64. The molecule has 0 unspecified atom stereocenters. The number of para-hydroxylation sites is 1. The summed E-state index contributed by atoms with van der Waals surface area (Å²) >= 11 is 0. The van der Waals surface area contributed by atoms with Crippen LogP contribution >= 0.6 is 0 Å². The lowest BCUT2D eigenvalue weighted by molar-refractivity contribution is 0.371. The third-order valence-electron chi connectivity index (χ3n) is 7.40. The summed E-state index contributed by atoms with van der Waals surface area (Å²) in [5, 5.41) is 4.85. The Hall–Kier alpha value is -3.87. The summed E-state index contributed by atoms with van der Waals surface area (Å²) in [6, 6.07) is 17.5. The van der Waals surface area contributed by atoms with E-state index < -0.39 is 0 Å². The van der Waals surface area contributed by atoms with Crippen LogP contribution in [0.4, 0.5) is 5.69 Å². The minimum absolute atomic E-state index is 0.411. The molecule has 7 nitrogen and oxygen atoms in total. The molecule has 2 aromatic heterocycles. The van der Waals surface area contributed by atoms with Crippen LogP contribution in [0, 0.1) is 6.92 Å². The van der Waals surface area contributed by atoms with Crippen molar-refractivity contribution in [1.82, 2.24) is 24.3 Å². The molecule has 2 aliphatic heterocycles. The van der Waals surface area contributed by atoms with Gasteiger partial charge in [0.1, 0.15) is 11.6 Å². The van der Waals surface area contributed by atoms with Crippen molar-refractivity contribution in [3.63, 3.8) is 0 Å². The smallest absolute Gasteiger partial charge is 0.174 e. The molecule has 4 aromatic rings. The summed E-state index contributed by atoms with van der Waals surface area (Å²) in [6.07, 6.45) is 12.6. The summed E-state index contributed by atoms with van der Waals surface area (Å²) in [6.45, 7) is 4.04. The van der Waals surface area contributed by atoms with Gasteiger partial charge in [-0.3, -0.25) is 0 Å². The van der Waals surface area contributed by atoms with Gasteiger partial charge in [-0.1, -0.05) is 30.3 Å². The van der Waals surface area contributed by atoms with Gasteiger partial charge in [-0.2, -0.15) is 5.10 Å². The minimum atomic E-state index is 0.411. The molecule has 2 aromatic carbocycles. The van der Waals surface area contributed by atoms with Crippen molar-refractivity contribution in [2.45, 2.75) is 51.1 Å². The van der Waals surface area contributed by atoms with Gasteiger partial charge in [-0.25, -0.2) is 14.6 Å². The topological polar surface area (TPSA) is 61.0 Å². The first-order valence-corrected chi connectivity index (χ1v) is 12.8. The number of aromatic nitrogens is 5. The average molecular weight is 481 g/mol. The normalized spacial score (nSPS) is 19.7. The number of rotatable bonds is 6. The second-order valence-electron chi connectivity index (χ2n) is 9.73. The maximum atomic E-state index is 5.66. The Labute approximate surface area is 212 Å². The van der Waals surface area contributed by atoms with Crippen molar-refractivity contribution >= 4 is 17.8 Å². The van der Waals surface area contributed by atoms with Gasteiger partial charge in [0.25, 0.3) is 0 Å². The first-order valence-electron chi connectivity index (χ1n) is 12.8. The molecule has 1 fully saturated rings. The van der Waals surface area contributed by atoms with E-state index in [0.29, 0.717) is 12.0 Å². The molecule has 0 aliphatic carbocycles. The Bertz CT molecular complexity index is 1370. The Kier molecular flexibility index (Phi) is 6.05. The van der Waals surface area contributed by atoms with E-state index in [4.69, 9.17) is 14.8 Å². The summed E-state index contributed by atoms with van der Waals surface area (Å²) in [5.74, 6) is 3.12. The molecule has 6 rings (SSSR count). The van der Waals surface area contributed by atoms with Gasteiger partial charge in [0.05, 0.1) is 24.8 Å². The molecule has 2 atom stereocenters. The zero-order chi connectivity index (χ0) is 24.5. The van der Waals surface area contributed by atoms with Crippen LogP contribution in [0.2, 0.25) is 0 Å². The molecule has 184 valence electrons. The molecule has 2 aliphatic rings. The van der Waals surface area contributed by atoms with Crippen LogP contribution in [0.25, 0.3) is 17.8 Å². The number of aryl methyl sites for hydroxylation is 2. The summed E-state index contributed by atoms with van der Waals surface area (Å²) in [4.78, 5) is 11.9. The summed E-state index contributed by atoms with van der Waals surface area (Å²) in [5.41, 5.74) is 4.30. The highest BCUT2D eigenvalue weighted by Crippen LogP contribution is 2.38. The Morgan fingerprint density at radius 3 is 2.67 bits per heavy atom. The number of hydrogen-bond donors (Lipinski definition) is 0. The fourth-order valence-electron chi connectivity index (χ4n) is 5.72. The van der Waals surface area contributed by atoms with Gasteiger partial charge in [-0.15, -0.1) is 0 Å². The maximum Gasteiger partial charge on any atom is 0.174 e. The predicted octanol–water partition coefficient (Wildman–Crippen LogP) is 5.50. The van der Waals surface area contributed by atoms with Crippen LogP contribution in [-0.4, -0.2) is 44.0 Å². The number of imidazole rings is 1. The summed E-state index contributed by atoms with van der Waals surface area (Å²) in [7, 11) is 1.70. The van der Waals surface area contributed by atoms with E-state index in [9.17, 15) is 0 Å². The zero-order valence-electron chi connectivity index (χ0n) is 20.9. The molecule has 1 saturated heterocycles. The highest BCUT2D eigenvalue weighted by Gasteiger charge is 2.37. The highest BCUT2D eigenvalue weighted by atomic mass is 16.5. The van der Waals surface area contributed by atoms with Gasteiger partial charge in [0, 0.05) is 36.9 Å². The third-order valence-corrected chi connectivity index (χ3v) is 7.40. The van der Waals surface area contributed by atoms with Crippen LogP contribution in [0.1, 0.15) is 54.5 Å². The molecule has 4 heterocycles. The minimum Gasteiger partial charge on any atom is -0.495 e. The summed E-state index contributed by atoms with van der Waals surface area (Å²) < 4.78 is 9.78. The first kappa shape index (κ1) is 22.6. The third kappa shape index (κ3) is 4.30. The van der Waals surface area contributed by atoms with E-state index in [1.54, 1.807) is 7.11 Å². The Morgan fingerprint density at radius 1 is 1.00 bits per heavy atom. The lowest BCUT2D eigenvalue weighted by atomic mass is 9.89. The zero-order valence-corrected chi connectivity index (χ0v) is 20.9. The predicted molar refractivity (Wildman–Crippen MR) is 143 cm³/mol. The van der Waals surface area contributed by atoms with Crippen molar-refractivity contribution in [3.8, 4) is 11.4 Å². The second-order valence-corrected chi connectivity index (χ2v) is 9.73. The monoisotopic (exact) mass is 480 g/mol. The lowest BCUT2D eigenvalue weighted by Gasteiger charge is -2.34. The first-order chi connectivity index (χ1) is 17.7. The average Bonchev–Trinajstić information content (AvgIpc) is 3.67. The standard InChI is InChI=1S/C29H32N6O/c1-21-19-33(20-30-21)26-14-12-22(18-27(26)36-2)13-15-28-31-29-24(10-6-17-35(29)32-28)25-11-7-16-34(25)23-8-4-3-5-9-23/h3-5,8-9,12-15,18-20,24-25H,6-7,10-11,16-17H2,1-2H3/b15-13+/t24-,25+/m1/s1. The Morgan fingerprint density at radius 2 is 1.86 bits per heavy atom. The highest BCUT2D eigenvalue weighted by molar-refractivity contribution is 5.69. The van der Waals surface area contributed by atoms with E-state index in [1.165, 1.54) is 24.9 Å². The van der Waals surface area contributed by atoms with Crippen LogP contribution in [-0.2, 0) is 6.54 Å². The number of fused-ring (bicyclic) bond motifs is 1. The molecule has 0 bridgehead atoms. The number of methoxy groups -OCH3 is 1. The molecular formula is C29H32N6O. The van der Waals surface area contributed by atoms with E-state index in [0.717, 1.165) is 53.9 Å². The quantitative estimate of drug-likeness (QED) is 0.365. The molecular weight excluding hydrogens is 448 g/mol. The number of ether oxygens (including phenoxy) is 1. The van der Waals surface area contributed by atoms with Crippen molar-refractivity contribution < 1.29 is 4.74 Å². The van der Waals surface area contributed by atoms with Gasteiger partial charge < -0.3 is 14.2 Å². The SMILES string of the molecule is COc1cc(/C=C/c2nc3n(n2)CCC[C@@H]3[C@@H]2CCCN2c2ccccc2)ccc1-n1cnc(C)c1. The lowest BCUT2D eigenvalue weighted by Crippen LogP contribution is -2.37. The van der Waals surface area contributed by atoms with Gasteiger partial charge >= 0.3 is 0 Å². The fourth-order valence-corrected chi connectivity index (χ4v) is 5.72. The number of anilines is 1. The number of hydrogen-bond acceptors (Lipinski definition) is 5. The van der Waals surface area contributed by atoms with E-state index in [-0.39, 0.29) is 0 Å². The van der Waals surface area contributed by atoms with E-state index >= 15 is 0 Å². The fraction of sp³-hybridized carbons (Fsp3) is 0.345. The van der Waals surface area contributed by atoms with Crippen molar-refractivity contribution in [2.75, 3.05) is 18.6 Å². The number of nitrogens with zero attached hydrogens (tertiary/aromatic N) is 6. The van der Waals surface area contributed by atoms with Gasteiger partial charge in [0.15, 0.2) is 5.82 Å². The van der Waals surface area contributed by atoms with Gasteiger partial charge in [0.2, 0.25) is 0 Å². The Balaban J connectivity index is 1.24. The maximum absolute atomic E-state index is 5.66. The van der Waals surface area contributed by atoms with Crippen LogP contribution < -0.4 is 9.64 Å². The van der Waals surface area contributed by atoms with Crippen molar-refractivity contribution in [2.24, 2.45) is 0 Å². The van der Waals surface area contributed by atoms with Crippen LogP contribution in [0.5, 0.6) is 5.75 Å². The van der Waals surface area contributed by atoms with Crippen LogP contribution in [0.3, 0.4) is 0 Å². The molecule has 7 heteroatoms. The number of benzene rings is 2. The molecule has 0 saturated carbocycles. The van der Waals surface area contributed by atoms with Gasteiger partial charge in [-0.05, 0) is 68.5 Å². The van der Waals surface area contributed by atoms with E-state index in [1.807, 2.05) is 36.2 Å². The van der Waals surface area contributed by atoms with Crippen LogP contribution in [0.15, 0.2) is 61.1 Å². The molecule has 36 heavy (non-hydrogen) atoms. The molecule has 0 spiro atoms. The molecule has 0 N–H and O–H groups in total. The van der Waals surface area contributed by atoms with Crippen molar-refractivity contribution in [3.05, 3.63) is 84.0 Å². The van der Waals surface area contributed by atoms with Crippen molar-refractivity contribution in [1.29, 1.82) is 0 Å².